The number of nitrogen functional groups attached to an aromatic ring is 1. The van der Waals surface area contributed by atoms with Crippen LogP contribution in [-0.4, -0.2) is 14.8 Å². The summed E-state index contributed by atoms with van der Waals surface area (Å²) in [6.45, 7) is 0. The van der Waals surface area contributed by atoms with Gasteiger partial charge in [-0.05, 0) is 17.7 Å². The van der Waals surface area contributed by atoms with Crippen molar-refractivity contribution in [3.8, 4) is 0 Å². The van der Waals surface area contributed by atoms with E-state index >= 15 is 0 Å². The lowest BCUT2D eigenvalue weighted by Crippen LogP contribution is -1.97. The van der Waals surface area contributed by atoms with Gasteiger partial charge < -0.3 is 5.73 Å². The third kappa shape index (κ3) is 2.36. The van der Waals surface area contributed by atoms with Crippen molar-refractivity contribution in [1.82, 2.24) is 14.8 Å². The smallest absolute Gasteiger partial charge is 0.218 e. The minimum atomic E-state index is 0.444. The number of aryl methyl sites for hydroxylation is 1. The molecule has 2 aromatic rings. The average Bonchev–Trinajstić information content (AvgIpc) is 2.45. The van der Waals surface area contributed by atoms with Crippen LogP contribution in [0.15, 0.2) is 28.7 Å². The van der Waals surface area contributed by atoms with Gasteiger partial charge in [-0.15, -0.1) is 0 Å². The van der Waals surface area contributed by atoms with E-state index in [-0.39, 0.29) is 0 Å². The number of aromatic nitrogens is 3. The molecular formula is C10H11BrN4. The highest BCUT2D eigenvalue weighted by Gasteiger charge is 2.04. The van der Waals surface area contributed by atoms with Gasteiger partial charge in [0.25, 0.3) is 0 Å². The Morgan fingerprint density at radius 1 is 1.47 bits per heavy atom. The zero-order chi connectivity index (χ0) is 10.8. The lowest BCUT2D eigenvalue weighted by atomic mass is 10.1. The molecule has 0 aliphatic heterocycles. The molecule has 1 aromatic carbocycles. The summed E-state index contributed by atoms with van der Waals surface area (Å²) in [6, 6.07) is 8.07. The minimum Gasteiger partial charge on any atom is -0.368 e. The predicted molar refractivity (Wildman–Crippen MR) is 62.4 cm³/mol. The van der Waals surface area contributed by atoms with Gasteiger partial charge in [-0.2, -0.15) is 10.1 Å². The second kappa shape index (κ2) is 4.02. The van der Waals surface area contributed by atoms with E-state index < -0.39 is 0 Å². The van der Waals surface area contributed by atoms with Crippen molar-refractivity contribution < 1.29 is 0 Å². The molecular weight excluding hydrogens is 256 g/mol. The van der Waals surface area contributed by atoms with Crippen molar-refractivity contribution in [2.75, 3.05) is 5.73 Å². The summed E-state index contributed by atoms with van der Waals surface area (Å²) in [5.41, 5.74) is 6.77. The summed E-state index contributed by atoms with van der Waals surface area (Å²) in [4.78, 5) is 4.15. The third-order valence-electron chi connectivity index (χ3n) is 2.09. The van der Waals surface area contributed by atoms with Gasteiger partial charge in [0.2, 0.25) is 5.95 Å². The number of hydrogen-bond acceptors (Lipinski definition) is 3. The van der Waals surface area contributed by atoms with Crippen LogP contribution in [0.4, 0.5) is 5.95 Å². The first-order valence-corrected chi connectivity index (χ1v) is 5.34. The molecule has 0 fully saturated rings. The molecule has 0 bridgehead atoms. The average molecular weight is 267 g/mol. The van der Waals surface area contributed by atoms with E-state index in [1.54, 1.807) is 11.7 Å². The van der Waals surface area contributed by atoms with Crippen LogP contribution < -0.4 is 5.73 Å². The predicted octanol–water partition coefficient (Wildman–Crippen LogP) is 1.75. The lowest BCUT2D eigenvalue weighted by Gasteiger charge is -1.97. The normalized spacial score (nSPS) is 10.5. The van der Waals surface area contributed by atoms with Crippen molar-refractivity contribution >= 4 is 21.9 Å². The molecule has 0 aliphatic carbocycles. The molecule has 5 heteroatoms. The molecule has 2 rings (SSSR count). The van der Waals surface area contributed by atoms with Gasteiger partial charge in [0, 0.05) is 17.9 Å². The number of nitrogens with two attached hydrogens (primary N) is 1. The second-order valence-corrected chi connectivity index (χ2v) is 4.23. The van der Waals surface area contributed by atoms with Gasteiger partial charge in [-0.1, -0.05) is 28.1 Å². The molecule has 0 saturated carbocycles. The first-order valence-electron chi connectivity index (χ1n) is 4.55. The van der Waals surface area contributed by atoms with Crippen molar-refractivity contribution in [3.05, 3.63) is 40.1 Å². The van der Waals surface area contributed by atoms with Crippen molar-refractivity contribution in [1.29, 1.82) is 0 Å². The van der Waals surface area contributed by atoms with Crippen LogP contribution in [0.5, 0.6) is 0 Å². The minimum absolute atomic E-state index is 0.444. The Labute approximate surface area is 96.3 Å². The Balaban J connectivity index is 2.22. The Kier molecular flexibility index (Phi) is 2.73. The van der Waals surface area contributed by atoms with Crippen LogP contribution >= 0.6 is 15.9 Å². The summed E-state index contributed by atoms with van der Waals surface area (Å²) in [6.07, 6.45) is 0.699. The molecule has 2 N–H and O–H groups in total. The summed E-state index contributed by atoms with van der Waals surface area (Å²) < 4.78 is 2.64. The van der Waals surface area contributed by atoms with Crippen LogP contribution in [0.25, 0.3) is 0 Å². The van der Waals surface area contributed by atoms with E-state index in [0.29, 0.717) is 12.4 Å². The second-order valence-electron chi connectivity index (χ2n) is 3.32. The number of anilines is 1. The van der Waals surface area contributed by atoms with Gasteiger partial charge in [-0.3, -0.25) is 0 Å². The standard InChI is InChI=1S/C10H11BrN4/c1-15-10(12)13-9(14-15)6-7-3-2-4-8(11)5-7/h2-5H,6H2,1H3,(H2,12,13,14). The number of nitrogens with zero attached hydrogens (tertiary/aromatic N) is 3. The van der Waals surface area contributed by atoms with Crippen molar-refractivity contribution in [2.24, 2.45) is 7.05 Å². The van der Waals surface area contributed by atoms with Gasteiger partial charge >= 0.3 is 0 Å². The number of halogens is 1. The highest BCUT2D eigenvalue weighted by molar-refractivity contribution is 9.10. The topological polar surface area (TPSA) is 56.7 Å². The fourth-order valence-electron chi connectivity index (χ4n) is 1.36. The maximum absolute atomic E-state index is 5.60. The van der Waals surface area contributed by atoms with E-state index in [2.05, 4.69) is 26.0 Å². The molecule has 78 valence electrons. The van der Waals surface area contributed by atoms with Crippen LogP contribution in [0.3, 0.4) is 0 Å². The maximum atomic E-state index is 5.60. The van der Waals surface area contributed by atoms with Gasteiger partial charge in [0.15, 0.2) is 5.82 Å². The Morgan fingerprint density at radius 2 is 2.27 bits per heavy atom. The van der Waals surface area contributed by atoms with E-state index in [4.69, 9.17) is 5.73 Å². The third-order valence-corrected chi connectivity index (χ3v) is 2.59. The van der Waals surface area contributed by atoms with Crippen molar-refractivity contribution in [3.63, 3.8) is 0 Å². The van der Waals surface area contributed by atoms with Gasteiger partial charge in [-0.25, -0.2) is 4.68 Å². The molecule has 0 spiro atoms. The van der Waals surface area contributed by atoms with E-state index in [1.165, 1.54) is 0 Å². The highest BCUT2D eigenvalue weighted by atomic mass is 79.9. The fraction of sp³-hybridized carbons (Fsp3) is 0.200. The fourth-order valence-corrected chi connectivity index (χ4v) is 1.80. The monoisotopic (exact) mass is 266 g/mol. The number of benzene rings is 1. The van der Waals surface area contributed by atoms with Crippen molar-refractivity contribution in [2.45, 2.75) is 6.42 Å². The first-order chi connectivity index (χ1) is 7.15. The van der Waals surface area contributed by atoms with E-state index in [9.17, 15) is 0 Å². The maximum Gasteiger partial charge on any atom is 0.218 e. The van der Waals surface area contributed by atoms with Crippen LogP contribution in [0.2, 0.25) is 0 Å². The molecule has 0 saturated heterocycles. The largest absolute Gasteiger partial charge is 0.368 e. The zero-order valence-electron chi connectivity index (χ0n) is 8.31. The Bertz CT molecular complexity index is 459. The summed E-state index contributed by atoms with van der Waals surface area (Å²) in [5.74, 6) is 1.19. The van der Waals surface area contributed by atoms with E-state index in [1.807, 2.05) is 24.3 Å². The number of hydrogen-bond donors (Lipinski definition) is 1. The van der Waals surface area contributed by atoms with Crippen LogP contribution in [0, 0.1) is 0 Å². The quantitative estimate of drug-likeness (QED) is 0.901. The Hall–Kier alpha value is -1.36. The first kappa shape index (κ1) is 10.2. The van der Waals surface area contributed by atoms with Crippen LogP contribution in [0.1, 0.15) is 11.4 Å². The summed E-state index contributed by atoms with van der Waals surface area (Å²) >= 11 is 3.42. The molecule has 1 heterocycles. The molecule has 0 unspecified atom stereocenters. The molecule has 0 amide bonds. The SMILES string of the molecule is Cn1nc(Cc2cccc(Br)c2)nc1N. The molecule has 0 radical (unpaired) electrons. The number of rotatable bonds is 2. The van der Waals surface area contributed by atoms with E-state index in [0.717, 1.165) is 15.9 Å². The van der Waals surface area contributed by atoms with Gasteiger partial charge in [0.05, 0.1) is 0 Å². The van der Waals surface area contributed by atoms with Gasteiger partial charge in [0.1, 0.15) is 0 Å². The summed E-state index contributed by atoms with van der Waals surface area (Å²) in [5, 5.41) is 4.20. The molecule has 1 aromatic heterocycles. The molecule has 0 atom stereocenters. The zero-order valence-corrected chi connectivity index (χ0v) is 9.90. The Morgan fingerprint density at radius 3 is 2.87 bits per heavy atom. The molecule has 15 heavy (non-hydrogen) atoms. The van der Waals surface area contributed by atoms with Crippen LogP contribution in [-0.2, 0) is 13.5 Å². The molecule has 4 nitrogen and oxygen atoms in total. The molecule has 0 aliphatic rings. The lowest BCUT2D eigenvalue weighted by molar-refractivity contribution is 0.759. The highest BCUT2D eigenvalue weighted by Crippen LogP contribution is 2.14. The summed E-state index contributed by atoms with van der Waals surface area (Å²) in [7, 11) is 1.78.